The van der Waals surface area contributed by atoms with Crippen molar-refractivity contribution in [3.8, 4) is 0 Å². The van der Waals surface area contributed by atoms with Crippen LogP contribution in [0.25, 0.3) is 0 Å². The van der Waals surface area contributed by atoms with Crippen LogP contribution in [0.1, 0.15) is 44.2 Å². The van der Waals surface area contributed by atoms with E-state index in [4.69, 9.17) is 0 Å². The maximum Gasteiger partial charge on any atom is 0.0719 e. The molecule has 1 aromatic carbocycles. The monoisotopic (exact) mass is 296 g/mol. The van der Waals surface area contributed by atoms with Gasteiger partial charge in [-0.3, -0.25) is 0 Å². The summed E-state index contributed by atoms with van der Waals surface area (Å²) in [6, 6.07) is 6.44. The van der Waals surface area contributed by atoms with Gasteiger partial charge >= 0.3 is 0 Å². The molecule has 0 amide bonds. The van der Waals surface area contributed by atoms with Gasteiger partial charge in [0.05, 0.1) is 5.60 Å². The molecule has 17 heavy (non-hydrogen) atoms. The summed E-state index contributed by atoms with van der Waals surface area (Å²) < 4.78 is 1.14. The summed E-state index contributed by atoms with van der Waals surface area (Å²) in [5.41, 5.74) is 2.24. The molecule has 0 spiro atoms. The fourth-order valence-corrected chi connectivity index (χ4v) is 3.57. The molecule has 0 bridgehead atoms. The fraction of sp³-hybridized carbons (Fsp3) is 0.600. The van der Waals surface area contributed by atoms with E-state index in [1.165, 1.54) is 11.1 Å². The van der Waals surface area contributed by atoms with Crippen molar-refractivity contribution in [3.05, 3.63) is 33.8 Å². The van der Waals surface area contributed by atoms with Crippen LogP contribution in [0, 0.1) is 5.92 Å². The predicted octanol–water partition coefficient (Wildman–Crippen LogP) is 4.11. The van der Waals surface area contributed by atoms with E-state index in [9.17, 15) is 5.11 Å². The largest absolute Gasteiger partial charge is 0.389 e. The van der Waals surface area contributed by atoms with E-state index in [1.54, 1.807) is 0 Å². The smallest absolute Gasteiger partial charge is 0.0719 e. The van der Waals surface area contributed by atoms with Crippen LogP contribution in [0.4, 0.5) is 0 Å². The zero-order valence-electron chi connectivity index (χ0n) is 10.7. The van der Waals surface area contributed by atoms with E-state index in [2.05, 4.69) is 48.0 Å². The second-order valence-corrected chi connectivity index (χ2v) is 6.12. The Hall–Kier alpha value is -0.340. The van der Waals surface area contributed by atoms with E-state index >= 15 is 0 Å². The van der Waals surface area contributed by atoms with Gasteiger partial charge in [-0.2, -0.15) is 0 Å². The normalized spacial score (nSPS) is 23.8. The summed E-state index contributed by atoms with van der Waals surface area (Å²) in [6.07, 6.45) is 4.87. The third-order valence-electron chi connectivity index (χ3n) is 4.24. The molecule has 1 aliphatic carbocycles. The summed E-state index contributed by atoms with van der Waals surface area (Å²) in [7, 11) is 0. The van der Waals surface area contributed by atoms with Gasteiger partial charge in [-0.25, -0.2) is 0 Å². The van der Waals surface area contributed by atoms with E-state index in [-0.39, 0.29) is 0 Å². The van der Waals surface area contributed by atoms with Crippen LogP contribution in [0.15, 0.2) is 22.7 Å². The highest BCUT2D eigenvalue weighted by Crippen LogP contribution is 2.37. The minimum Gasteiger partial charge on any atom is -0.389 e. The SMILES string of the molecule is CCC(CC)C1(O)CCc2cc(Br)ccc2C1. The van der Waals surface area contributed by atoms with Crippen molar-refractivity contribution in [2.75, 3.05) is 0 Å². The van der Waals surface area contributed by atoms with Crippen LogP contribution in [-0.2, 0) is 12.8 Å². The fourth-order valence-electron chi connectivity index (χ4n) is 3.17. The highest BCUT2D eigenvalue weighted by molar-refractivity contribution is 9.10. The molecule has 1 N–H and O–H groups in total. The Kier molecular flexibility index (Phi) is 3.94. The van der Waals surface area contributed by atoms with E-state index in [1.807, 2.05) is 0 Å². The second-order valence-electron chi connectivity index (χ2n) is 5.21. The first-order chi connectivity index (χ1) is 8.09. The number of hydrogen-bond acceptors (Lipinski definition) is 1. The van der Waals surface area contributed by atoms with E-state index in [0.29, 0.717) is 5.92 Å². The topological polar surface area (TPSA) is 20.2 Å². The molecule has 0 heterocycles. The van der Waals surface area contributed by atoms with Gasteiger partial charge in [0, 0.05) is 10.9 Å². The predicted molar refractivity (Wildman–Crippen MR) is 75.2 cm³/mol. The number of aryl methyl sites for hydroxylation is 1. The summed E-state index contributed by atoms with van der Waals surface area (Å²) in [4.78, 5) is 0. The highest BCUT2D eigenvalue weighted by atomic mass is 79.9. The van der Waals surface area contributed by atoms with Crippen molar-refractivity contribution in [3.63, 3.8) is 0 Å². The minimum absolute atomic E-state index is 0.430. The average Bonchev–Trinajstić information content (AvgIpc) is 2.31. The molecular formula is C15H21BrO. The third-order valence-corrected chi connectivity index (χ3v) is 4.73. The maximum absolute atomic E-state index is 10.8. The van der Waals surface area contributed by atoms with Crippen LogP contribution >= 0.6 is 15.9 Å². The Balaban J connectivity index is 2.25. The molecule has 2 heteroatoms. The quantitative estimate of drug-likeness (QED) is 0.890. The molecule has 0 saturated heterocycles. The van der Waals surface area contributed by atoms with Crippen molar-refractivity contribution in [1.82, 2.24) is 0 Å². The molecular weight excluding hydrogens is 276 g/mol. The average molecular weight is 297 g/mol. The number of rotatable bonds is 3. The number of aliphatic hydroxyl groups is 1. The van der Waals surface area contributed by atoms with Gasteiger partial charge in [-0.15, -0.1) is 0 Å². The number of halogens is 1. The van der Waals surface area contributed by atoms with Gasteiger partial charge in [-0.1, -0.05) is 48.7 Å². The zero-order chi connectivity index (χ0) is 12.5. The lowest BCUT2D eigenvalue weighted by Gasteiger charge is -2.39. The molecule has 2 rings (SSSR count). The Bertz CT molecular complexity index is 398. The Morgan fingerprint density at radius 3 is 2.65 bits per heavy atom. The molecule has 0 aromatic heterocycles. The maximum atomic E-state index is 10.8. The van der Waals surface area contributed by atoms with Gasteiger partial charge in [0.2, 0.25) is 0 Å². The van der Waals surface area contributed by atoms with Crippen LogP contribution in [-0.4, -0.2) is 10.7 Å². The number of fused-ring (bicyclic) bond motifs is 1. The molecule has 1 unspecified atom stereocenters. The molecule has 0 saturated carbocycles. The van der Waals surface area contributed by atoms with Gasteiger partial charge in [0.15, 0.2) is 0 Å². The Morgan fingerprint density at radius 1 is 1.29 bits per heavy atom. The van der Waals surface area contributed by atoms with Crippen molar-refractivity contribution >= 4 is 15.9 Å². The molecule has 1 aromatic rings. The lowest BCUT2D eigenvalue weighted by molar-refractivity contribution is -0.0336. The first kappa shape index (κ1) is 13.1. The highest BCUT2D eigenvalue weighted by Gasteiger charge is 2.37. The van der Waals surface area contributed by atoms with Crippen molar-refractivity contribution < 1.29 is 5.11 Å². The second kappa shape index (κ2) is 5.11. The van der Waals surface area contributed by atoms with E-state index in [0.717, 1.165) is 36.6 Å². The summed E-state index contributed by atoms with van der Waals surface area (Å²) in [5.74, 6) is 0.430. The van der Waals surface area contributed by atoms with Gasteiger partial charge < -0.3 is 5.11 Å². The molecule has 1 atom stereocenters. The van der Waals surface area contributed by atoms with Crippen molar-refractivity contribution in [2.24, 2.45) is 5.92 Å². The Labute approximate surface area is 112 Å². The van der Waals surface area contributed by atoms with Gasteiger partial charge in [0.25, 0.3) is 0 Å². The van der Waals surface area contributed by atoms with Crippen LogP contribution in [0.3, 0.4) is 0 Å². The molecule has 94 valence electrons. The first-order valence-electron chi connectivity index (χ1n) is 6.58. The van der Waals surface area contributed by atoms with Gasteiger partial charge in [0.1, 0.15) is 0 Å². The minimum atomic E-state index is -0.482. The van der Waals surface area contributed by atoms with Crippen molar-refractivity contribution in [1.29, 1.82) is 0 Å². The van der Waals surface area contributed by atoms with Crippen LogP contribution in [0.5, 0.6) is 0 Å². The van der Waals surface area contributed by atoms with E-state index < -0.39 is 5.60 Å². The summed E-state index contributed by atoms with van der Waals surface area (Å²) in [6.45, 7) is 4.37. The number of hydrogen-bond donors (Lipinski definition) is 1. The number of benzene rings is 1. The molecule has 1 nitrogen and oxygen atoms in total. The third kappa shape index (κ3) is 2.58. The molecule has 0 fully saturated rings. The Morgan fingerprint density at radius 2 is 2.00 bits per heavy atom. The lowest BCUT2D eigenvalue weighted by Crippen LogP contribution is -2.42. The van der Waals surface area contributed by atoms with Gasteiger partial charge in [-0.05, 0) is 42.0 Å². The zero-order valence-corrected chi connectivity index (χ0v) is 12.3. The first-order valence-corrected chi connectivity index (χ1v) is 7.38. The molecule has 1 aliphatic rings. The van der Waals surface area contributed by atoms with Crippen molar-refractivity contribution in [2.45, 2.75) is 51.6 Å². The van der Waals surface area contributed by atoms with Crippen LogP contribution < -0.4 is 0 Å². The standard InChI is InChI=1S/C15H21BrO/c1-3-13(4-2)15(17)8-7-11-9-14(16)6-5-12(11)10-15/h5-6,9,13,17H,3-4,7-8,10H2,1-2H3. The molecule has 0 radical (unpaired) electrons. The summed E-state index contributed by atoms with van der Waals surface area (Å²) in [5, 5.41) is 10.8. The van der Waals surface area contributed by atoms with Crippen LogP contribution in [0.2, 0.25) is 0 Å². The summed E-state index contributed by atoms with van der Waals surface area (Å²) >= 11 is 3.51. The lowest BCUT2D eigenvalue weighted by atomic mass is 9.71. The molecule has 0 aliphatic heterocycles.